The number of aromatic nitrogens is 1. The fraction of sp³-hybridized carbons (Fsp3) is 0.393. The number of hydrogen-bond acceptors (Lipinski definition) is 6. The predicted molar refractivity (Wildman–Crippen MR) is 144 cm³/mol. The topological polar surface area (TPSA) is 74.8 Å². The van der Waals surface area contributed by atoms with E-state index in [9.17, 15) is 9.59 Å². The molecule has 1 aromatic heterocycles. The Balaban J connectivity index is 1.54. The minimum Gasteiger partial charge on any atom is -0.496 e. The smallest absolute Gasteiger partial charge is 0.241 e. The molecule has 1 aliphatic heterocycles. The molecule has 0 spiro atoms. The molecule has 0 fully saturated rings. The van der Waals surface area contributed by atoms with Gasteiger partial charge in [-0.25, -0.2) is 0 Å². The highest BCUT2D eigenvalue weighted by Crippen LogP contribution is 2.32. The molecule has 2 aromatic carbocycles. The third-order valence-corrected chi connectivity index (χ3v) is 6.92. The zero-order valence-electron chi connectivity index (χ0n) is 21.1. The first-order chi connectivity index (χ1) is 17.4. The van der Waals surface area contributed by atoms with Crippen LogP contribution >= 0.6 is 11.6 Å². The molecule has 0 radical (unpaired) electrons. The number of methoxy groups -OCH3 is 1. The molecule has 0 unspecified atom stereocenters. The lowest BCUT2D eigenvalue weighted by Crippen LogP contribution is -2.37. The highest BCUT2D eigenvalue weighted by atomic mass is 35.5. The average molecular weight is 509 g/mol. The summed E-state index contributed by atoms with van der Waals surface area (Å²) in [5.41, 5.74) is 4.71. The van der Waals surface area contributed by atoms with Crippen molar-refractivity contribution >= 4 is 39.9 Å². The number of likely N-dealkylation sites (N-methyl/N-ethyl adjacent to an activating group) is 1. The minimum atomic E-state index is 0.0629. The fourth-order valence-electron chi connectivity index (χ4n) is 4.84. The van der Waals surface area contributed by atoms with E-state index < -0.39 is 0 Å². The number of ether oxygens (including phenoxy) is 1. The molecule has 2 heterocycles. The van der Waals surface area contributed by atoms with Crippen LogP contribution < -0.4 is 10.1 Å². The molecule has 7 nitrogen and oxygen atoms in total. The summed E-state index contributed by atoms with van der Waals surface area (Å²) in [5.74, 6) is 0.823. The van der Waals surface area contributed by atoms with Gasteiger partial charge in [-0.15, -0.1) is 0 Å². The second kappa shape index (κ2) is 11.7. The van der Waals surface area contributed by atoms with Crippen molar-refractivity contribution in [1.29, 1.82) is 0 Å². The molecule has 0 bridgehead atoms. The van der Waals surface area contributed by atoms with Crippen molar-refractivity contribution in [3.63, 3.8) is 0 Å². The van der Waals surface area contributed by atoms with Gasteiger partial charge in [0.15, 0.2) is 5.78 Å². The average Bonchev–Trinajstić information content (AvgIpc) is 2.87. The van der Waals surface area contributed by atoms with Crippen molar-refractivity contribution in [3.05, 3.63) is 64.3 Å². The van der Waals surface area contributed by atoms with E-state index in [-0.39, 0.29) is 24.7 Å². The van der Waals surface area contributed by atoms with Crippen LogP contribution in [0.3, 0.4) is 0 Å². The van der Waals surface area contributed by atoms with E-state index >= 15 is 0 Å². The summed E-state index contributed by atoms with van der Waals surface area (Å²) in [7, 11) is 1.59. The molecular formula is C28H33ClN4O3. The Morgan fingerprint density at radius 3 is 2.69 bits per heavy atom. The number of amides is 1. The second-order valence-electron chi connectivity index (χ2n) is 8.98. The molecule has 0 saturated carbocycles. The van der Waals surface area contributed by atoms with Crippen molar-refractivity contribution < 1.29 is 14.3 Å². The molecule has 1 amide bonds. The van der Waals surface area contributed by atoms with E-state index in [1.807, 2.05) is 43.0 Å². The molecule has 0 aliphatic carbocycles. The first kappa shape index (κ1) is 25.9. The van der Waals surface area contributed by atoms with Gasteiger partial charge in [-0.1, -0.05) is 29.8 Å². The number of anilines is 1. The monoisotopic (exact) mass is 508 g/mol. The number of carbonyl (C=O) groups excluding carboxylic acids is 2. The summed E-state index contributed by atoms with van der Waals surface area (Å²) in [6, 6.07) is 13.3. The number of pyridine rings is 1. The summed E-state index contributed by atoms with van der Waals surface area (Å²) in [6.07, 6.45) is 0.999. The number of benzene rings is 2. The minimum absolute atomic E-state index is 0.0629. The van der Waals surface area contributed by atoms with E-state index in [4.69, 9.17) is 21.3 Å². The molecule has 0 saturated heterocycles. The van der Waals surface area contributed by atoms with E-state index in [2.05, 4.69) is 10.2 Å². The lowest BCUT2D eigenvalue weighted by atomic mass is 9.99. The summed E-state index contributed by atoms with van der Waals surface area (Å²) in [6.45, 7) is 7.20. The van der Waals surface area contributed by atoms with Crippen molar-refractivity contribution in [2.75, 3.05) is 45.2 Å². The highest BCUT2D eigenvalue weighted by Gasteiger charge is 2.25. The van der Waals surface area contributed by atoms with Crippen LogP contribution in [0.4, 0.5) is 5.69 Å². The number of fused-ring (bicyclic) bond motifs is 2. The van der Waals surface area contributed by atoms with Gasteiger partial charge in [0, 0.05) is 66.3 Å². The van der Waals surface area contributed by atoms with Gasteiger partial charge < -0.3 is 15.0 Å². The quantitative estimate of drug-likeness (QED) is 0.439. The Bertz CT molecular complexity index is 1260. The third-order valence-electron chi connectivity index (χ3n) is 6.69. The van der Waals surface area contributed by atoms with Gasteiger partial charge in [0.1, 0.15) is 5.75 Å². The molecule has 3 aromatic rings. The van der Waals surface area contributed by atoms with Gasteiger partial charge in [-0.2, -0.15) is 0 Å². The van der Waals surface area contributed by atoms with E-state index in [1.165, 1.54) is 0 Å². The van der Waals surface area contributed by atoms with Crippen molar-refractivity contribution in [3.8, 4) is 5.75 Å². The summed E-state index contributed by atoms with van der Waals surface area (Å²) < 4.78 is 5.40. The van der Waals surface area contributed by atoms with E-state index in [0.717, 1.165) is 46.4 Å². The van der Waals surface area contributed by atoms with E-state index in [0.29, 0.717) is 37.0 Å². The lowest BCUT2D eigenvalue weighted by molar-refractivity contribution is -0.128. The maximum atomic E-state index is 13.0. The van der Waals surface area contributed by atoms with Crippen LogP contribution in [-0.2, 0) is 29.0 Å². The molecule has 190 valence electrons. The summed E-state index contributed by atoms with van der Waals surface area (Å²) >= 11 is 6.14. The van der Waals surface area contributed by atoms with Crippen molar-refractivity contribution in [2.45, 2.75) is 33.2 Å². The molecule has 1 aliphatic rings. The molecule has 1 N–H and O–H groups in total. The highest BCUT2D eigenvalue weighted by molar-refractivity contribution is 6.30. The van der Waals surface area contributed by atoms with Gasteiger partial charge in [-0.3, -0.25) is 19.5 Å². The summed E-state index contributed by atoms with van der Waals surface area (Å²) in [4.78, 5) is 34.6. The maximum Gasteiger partial charge on any atom is 0.241 e. The zero-order valence-corrected chi connectivity index (χ0v) is 21.9. The SMILES string of the molecule is CCN(CC)C(=O)CNc1c2c(nc3ccccc13)CCN(CC(=O)Cc1cc(Cl)ccc1OC)C2. The van der Waals surface area contributed by atoms with Crippen LogP contribution in [0.1, 0.15) is 30.7 Å². The fourth-order valence-corrected chi connectivity index (χ4v) is 5.03. The van der Waals surface area contributed by atoms with Crippen molar-refractivity contribution in [1.82, 2.24) is 14.8 Å². The van der Waals surface area contributed by atoms with Gasteiger partial charge in [0.25, 0.3) is 0 Å². The maximum absolute atomic E-state index is 13.0. The number of carbonyl (C=O) groups is 2. The molecule has 8 heteroatoms. The Labute approximate surface area is 217 Å². The number of ketones is 1. The van der Waals surface area contributed by atoms with Crippen LogP contribution in [0.25, 0.3) is 10.9 Å². The van der Waals surface area contributed by atoms with Gasteiger partial charge in [0.05, 0.1) is 31.4 Å². The number of para-hydroxylation sites is 1. The predicted octanol–water partition coefficient (Wildman–Crippen LogP) is 4.35. The largest absolute Gasteiger partial charge is 0.496 e. The van der Waals surface area contributed by atoms with Gasteiger partial charge >= 0.3 is 0 Å². The Hall–Kier alpha value is -3.16. The summed E-state index contributed by atoms with van der Waals surface area (Å²) in [5, 5.41) is 4.99. The zero-order chi connectivity index (χ0) is 25.7. The Kier molecular flexibility index (Phi) is 8.44. The lowest BCUT2D eigenvalue weighted by Gasteiger charge is -2.30. The standard InChI is InChI=1S/C28H33ClN4O3/c1-4-33(5-2)27(35)16-30-28-22-8-6-7-9-24(22)31-25-12-13-32(18-23(25)28)17-21(34)15-19-14-20(29)10-11-26(19)36-3/h6-11,14H,4-5,12-13,15-18H2,1-3H3,(H,30,31). The Morgan fingerprint density at radius 2 is 1.94 bits per heavy atom. The van der Waals surface area contributed by atoms with Crippen LogP contribution in [0.5, 0.6) is 5.75 Å². The molecule has 0 atom stereocenters. The van der Waals surface area contributed by atoms with Gasteiger partial charge in [0.2, 0.25) is 5.91 Å². The Morgan fingerprint density at radius 1 is 1.17 bits per heavy atom. The number of hydrogen-bond donors (Lipinski definition) is 1. The number of rotatable bonds is 10. The first-order valence-electron chi connectivity index (χ1n) is 12.4. The van der Waals surface area contributed by atoms with Crippen molar-refractivity contribution in [2.24, 2.45) is 0 Å². The first-order valence-corrected chi connectivity index (χ1v) is 12.8. The number of Topliss-reactive ketones (excluding diaryl/α,β-unsaturated/α-hetero) is 1. The molecule has 36 heavy (non-hydrogen) atoms. The number of halogens is 1. The van der Waals surface area contributed by atoms with Crippen LogP contribution in [-0.4, -0.2) is 66.3 Å². The van der Waals surface area contributed by atoms with Crippen LogP contribution in [0, 0.1) is 0 Å². The number of nitrogens with zero attached hydrogens (tertiary/aromatic N) is 3. The van der Waals surface area contributed by atoms with Crippen LogP contribution in [0.2, 0.25) is 5.02 Å². The second-order valence-corrected chi connectivity index (χ2v) is 9.42. The van der Waals surface area contributed by atoms with Gasteiger partial charge in [-0.05, 0) is 38.1 Å². The number of nitrogens with one attached hydrogen (secondary N) is 1. The molecule has 4 rings (SSSR count). The van der Waals surface area contributed by atoms with E-state index in [1.54, 1.807) is 25.3 Å². The third kappa shape index (κ3) is 5.79. The molecular weight excluding hydrogens is 476 g/mol. The normalized spacial score (nSPS) is 13.3. The van der Waals surface area contributed by atoms with Crippen LogP contribution in [0.15, 0.2) is 42.5 Å².